The molecule has 0 spiro atoms. The summed E-state index contributed by atoms with van der Waals surface area (Å²) in [6.07, 6.45) is 6.70. The average Bonchev–Trinajstić information content (AvgIpc) is 2.70. The van der Waals surface area contributed by atoms with Gasteiger partial charge in [-0.25, -0.2) is 13.4 Å². The first kappa shape index (κ1) is 23.0. The maximum absolute atomic E-state index is 11.6. The van der Waals surface area contributed by atoms with Crippen LogP contribution in [0.4, 0.5) is 11.8 Å². The SMILES string of the molecule is C[C@H]1CC[C@@H](Nc2nc(NCCc3ccc(S(C)(=O)=O)cc3)ncc2C#N)CC1(C)C. The van der Waals surface area contributed by atoms with E-state index in [2.05, 4.69) is 47.4 Å². The fourth-order valence-corrected chi connectivity index (χ4v) is 4.61. The molecule has 31 heavy (non-hydrogen) atoms. The molecule has 8 heteroatoms. The van der Waals surface area contributed by atoms with Crippen molar-refractivity contribution in [1.29, 1.82) is 5.26 Å². The van der Waals surface area contributed by atoms with Gasteiger partial charge in [0.25, 0.3) is 0 Å². The number of hydrogen-bond donors (Lipinski definition) is 2. The summed E-state index contributed by atoms with van der Waals surface area (Å²) in [5.74, 6) is 1.72. The predicted molar refractivity (Wildman–Crippen MR) is 123 cm³/mol. The number of benzene rings is 1. The third-order valence-corrected chi connectivity index (χ3v) is 7.48. The molecule has 1 fully saturated rings. The van der Waals surface area contributed by atoms with Gasteiger partial charge in [-0.15, -0.1) is 0 Å². The first-order chi connectivity index (χ1) is 14.6. The first-order valence-electron chi connectivity index (χ1n) is 10.6. The number of nitrogens with one attached hydrogen (secondary N) is 2. The predicted octanol–water partition coefficient (Wildman–Crippen LogP) is 4.03. The lowest BCUT2D eigenvalue weighted by atomic mass is 9.68. The first-order valence-corrected chi connectivity index (χ1v) is 12.5. The third-order valence-electron chi connectivity index (χ3n) is 6.35. The molecule has 0 bridgehead atoms. The molecule has 0 radical (unpaired) electrons. The smallest absolute Gasteiger partial charge is 0.224 e. The molecule has 7 nitrogen and oxygen atoms in total. The second kappa shape index (κ2) is 9.23. The molecule has 2 N–H and O–H groups in total. The Morgan fingerprint density at radius 2 is 1.94 bits per heavy atom. The number of anilines is 2. The number of nitriles is 1. The van der Waals surface area contributed by atoms with Crippen LogP contribution in [-0.2, 0) is 16.3 Å². The van der Waals surface area contributed by atoms with E-state index in [4.69, 9.17) is 0 Å². The van der Waals surface area contributed by atoms with Crippen molar-refractivity contribution in [3.63, 3.8) is 0 Å². The molecule has 1 heterocycles. The topological polar surface area (TPSA) is 108 Å². The molecule has 0 amide bonds. The molecule has 2 aromatic rings. The molecule has 166 valence electrons. The summed E-state index contributed by atoms with van der Waals surface area (Å²) < 4.78 is 23.1. The summed E-state index contributed by atoms with van der Waals surface area (Å²) in [7, 11) is -3.19. The Morgan fingerprint density at radius 1 is 1.23 bits per heavy atom. The van der Waals surface area contributed by atoms with Gasteiger partial charge in [0.05, 0.1) is 11.1 Å². The van der Waals surface area contributed by atoms with Crippen molar-refractivity contribution >= 4 is 21.6 Å². The monoisotopic (exact) mass is 441 g/mol. The van der Waals surface area contributed by atoms with Gasteiger partial charge in [-0.3, -0.25) is 0 Å². The molecule has 1 aliphatic rings. The lowest BCUT2D eigenvalue weighted by Crippen LogP contribution is -2.37. The van der Waals surface area contributed by atoms with Gasteiger partial charge < -0.3 is 10.6 Å². The van der Waals surface area contributed by atoms with E-state index >= 15 is 0 Å². The summed E-state index contributed by atoms with van der Waals surface area (Å²) in [5, 5.41) is 16.1. The summed E-state index contributed by atoms with van der Waals surface area (Å²) in [4.78, 5) is 9.12. The van der Waals surface area contributed by atoms with Crippen molar-refractivity contribution in [1.82, 2.24) is 9.97 Å². The van der Waals surface area contributed by atoms with Crippen molar-refractivity contribution in [2.24, 2.45) is 11.3 Å². The minimum absolute atomic E-state index is 0.253. The van der Waals surface area contributed by atoms with Gasteiger partial charge in [0.1, 0.15) is 17.5 Å². The Morgan fingerprint density at radius 3 is 2.55 bits per heavy atom. The average molecular weight is 442 g/mol. The van der Waals surface area contributed by atoms with Gasteiger partial charge in [-0.1, -0.05) is 32.9 Å². The summed E-state index contributed by atoms with van der Waals surface area (Å²) in [5.41, 5.74) is 1.72. The van der Waals surface area contributed by atoms with E-state index in [1.807, 2.05) is 12.1 Å². The van der Waals surface area contributed by atoms with Gasteiger partial charge in [-0.2, -0.15) is 10.2 Å². The van der Waals surface area contributed by atoms with Gasteiger partial charge in [-0.05, 0) is 54.7 Å². The highest BCUT2D eigenvalue weighted by Crippen LogP contribution is 2.41. The molecule has 0 aliphatic heterocycles. The third kappa shape index (κ3) is 5.95. The Balaban J connectivity index is 1.62. The number of sulfone groups is 1. The van der Waals surface area contributed by atoms with E-state index in [1.54, 1.807) is 18.3 Å². The highest BCUT2D eigenvalue weighted by Gasteiger charge is 2.34. The van der Waals surface area contributed by atoms with E-state index in [0.717, 1.165) is 24.8 Å². The molecular formula is C23H31N5O2S. The summed E-state index contributed by atoms with van der Waals surface area (Å²) in [6, 6.07) is 9.34. The molecular weight excluding hydrogens is 410 g/mol. The molecule has 1 saturated carbocycles. The zero-order chi connectivity index (χ0) is 22.6. The second-order valence-electron chi connectivity index (χ2n) is 9.17. The zero-order valence-corrected chi connectivity index (χ0v) is 19.5. The highest BCUT2D eigenvalue weighted by molar-refractivity contribution is 7.90. The van der Waals surface area contributed by atoms with Crippen LogP contribution < -0.4 is 10.6 Å². The van der Waals surface area contributed by atoms with Gasteiger partial charge in [0.2, 0.25) is 5.95 Å². The van der Waals surface area contributed by atoms with Crippen LogP contribution in [0, 0.1) is 22.7 Å². The van der Waals surface area contributed by atoms with Crippen LogP contribution in [0.5, 0.6) is 0 Å². The number of hydrogen-bond acceptors (Lipinski definition) is 7. The number of nitrogens with zero attached hydrogens (tertiary/aromatic N) is 3. The van der Waals surface area contributed by atoms with E-state index in [1.165, 1.54) is 6.26 Å². The fraction of sp³-hybridized carbons (Fsp3) is 0.522. The van der Waals surface area contributed by atoms with E-state index < -0.39 is 9.84 Å². The lowest BCUT2D eigenvalue weighted by molar-refractivity contribution is 0.143. The molecule has 1 aliphatic carbocycles. The van der Waals surface area contributed by atoms with Gasteiger partial charge in [0, 0.05) is 18.8 Å². The zero-order valence-electron chi connectivity index (χ0n) is 18.6. The maximum Gasteiger partial charge on any atom is 0.224 e. The van der Waals surface area contributed by atoms with Gasteiger partial charge >= 0.3 is 0 Å². The molecule has 2 atom stereocenters. The summed E-state index contributed by atoms with van der Waals surface area (Å²) in [6.45, 7) is 7.49. The largest absolute Gasteiger partial charge is 0.366 e. The van der Waals surface area contributed by atoms with Gasteiger partial charge in [0.15, 0.2) is 9.84 Å². The second-order valence-corrected chi connectivity index (χ2v) is 11.2. The van der Waals surface area contributed by atoms with Crippen LogP contribution in [0.1, 0.15) is 51.2 Å². The Labute approximate surface area is 185 Å². The quantitative estimate of drug-likeness (QED) is 0.668. The minimum atomic E-state index is -3.19. The summed E-state index contributed by atoms with van der Waals surface area (Å²) >= 11 is 0. The Hall–Kier alpha value is -2.66. The van der Waals surface area contributed by atoms with Crippen molar-refractivity contribution in [3.05, 3.63) is 41.6 Å². The Kier molecular flexibility index (Phi) is 6.85. The van der Waals surface area contributed by atoms with Crippen molar-refractivity contribution < 1.29 is 8.42 Å². The molecule has 1 aromatic carbocycles. The molecule has 0 saturated heterocycles. The van der Waals surface area contributed by atoms with Crippen molar-refractivity contribution in [2.75, 3.05) is 23.4 Å². The van der Waals surface area contributed by atoms with E-state index in [0.29, 0.717) is 41.1 Å². The van der Waals surface area contributed by atoms with Crippen LogP contribution >= 0.6 is 0 Å². The fourth-order valence-electron chi connectivity index (χ4n) is 3.98. The number of aromatic nitrogens is 2. The normalized spacial score (nSPS) is 20.6. The molecule has 0 unspecified atom stereocenters. The van der Waals surface area contributed by atoms with Crippen LogP contribution in [0.3, 0.4) is 0 Å². The van der Waals surface area contributed by atoms with E-state index in [9.17, 15) is 13.7 Å². The van der Waals surface area contributed by atoms with Crippen LogP contribution in [0.15, 0.2) is 35.4 Å². The van der Waals surface area contributed by atoms with Crippen molar-refractivity contribution in [2.45, 2.75) is 57.4 Å². The van der Waals surface area contributed by atoms with Crippen molar-refractivity contribution in [3.8, 4) is 6.07 Å². The Bertz CT molecular complexity index is 1060. The molecule has 3 rings (SSSR count). The standard InChI is InChI=1S/C23H31N5O2S/c1-16-5-8-19(13-23(16,2)3)27-21-18(14-24)15-26-22(28-21)25-12-11-17-6-9-20(10-7-17)31(4,29)30/h6-7,9-10,15-16,19H,5,8,11-13H2,1-4H3,(H2,25,26,27,28)/t16-,19+/m0/s1. The minimum Gasteiger partial charge on any atom is -0.366 e. The highest BCUT2D eigenvalue weighted by atomic mass is 32.2. The van der Waals surface area contributed by atoms with Crippen LogP contribution in [0.2, 0.25) is 0 Å². The van der Waals surface area contributed by atoms with E-state index in [-0.39, 0.29) is 11.5 Å². The van der Waals surface area contributed by atoms with Crippen LogP contribution in [-0.4, -0.2) is 37.2 Å². The van der Waals surface area contributed by atoms with Crippen LogP contribution in [0.25, 0.3) is 0 Å². The maximum atomic E-state index is 11.6. The molecule has 1 aromatic heterocycles. The number of rotatable bonds is 7. The lowest BCUT2D eigenvalue weighted by Gasteiger charge is -2.41.